The highest BCUT2D eigenvalue weighted by molar-refractivity contribution is 5.84. The van der Waals surface area contributed by atoms with Crippen LogP contribution in [-0.4, -0.2) is 23.5 Å². The van der Waals surface area contributed by atoms with E-state index in [1.165, 1.54) is 0 Å². The van der Waals surface area contributed by atoms with Gasteiger partial charge in [-0.2, -0.15) is 0 Å². The minimum Gasteiger partial charge on any atom is -0.481 e. The Morgan fingerprint density at radius 1 is 1.29 bits per heavy atom. The fourth-order valence-electron chi connectivity index (χ4n) is 2.05. The van der Waals surface area contributed by atoms with Crippen LogP contribution in [0.15, 0.2) is 0 Å². The first-order valence-electron chi connectivity index (χ1n) is 5.17. The summed E-state index contributed by atoms with van der Waals surface area (Å²) in [5.74, 6) is -1.72. The molecule has 0 spiro atoms. The number of amides is 1. The standard InChI is InChI=1S/C10H17NO3/c1-2-11-9(12)7-5-3-4-6-8(7)10(13)14/h7-8H,2-6H2,1H3,(H,11,12)(H,13,14)/t7-,8+/m0/s1. The fourth-order valence-corrected chi connectivity index (χ4v) is 2.05. The average molecular weight is 199 g/mol. The first-order chi connectivity index (χ1) is 6.66. The smallest absolute Gasteiger partial charge is 0.307 e. The van der Waals surface area contributed by atoms with Crippen molar-refractivity contribution in [2.75, 3.05) is 6.54 Å². The van der Waals surface area contributed by atoms with Gasteiger partial charge in [0.15, 0.2) is 0 Å². The van der Waals surface area contributed by atoms with Gasteiger partial charge in [0.25, 0.3) is 0 Å². The van der Waals surface area contributed by atoms with E-state index in [1.54, 1.807) is 0 Å². The third-order valence-corrected chi connectivity index (χ3v) is 2.77. The number of carbonyl (C=O) groups is 2. The maximum atomic E-state index is 11.5. The Kier molecular flexibility index (Phi) is 3.92. The first kappa shape index (κ1) is 11.0. The highest BCUT2D eigenvalue weighted by atomic mass is 16.4. The maximum absolute atomic E-state index is 11.5. The summed E-state index contributed by atoms with van der Waals surface area (Å²) in [6.45, 7) is 2.41. The number of hydrogen-bond acceptors (Lipinski definition) is 2. The van der Waals surface area contributed by atoms with Gasteiger partial charge in [0.05, 0.1) is 11.8 Å². The minimum absolute atomic E-state index is 0.0976. The van der Waals surface area contributed by atoms with Crippen molar-refractivity contribution in [1.82, 2.24) is 5.32 Å². The van der Waals surface area contributed by atoms with Crippen LogP contribution < -0.4 is 5.32 Å². The van der Waals surface area contributed by atoms with Crippen molar-refractivity contribution in [2.24, 2.45) is 11.8 Å². The van der Waals surface area contributed by atoms with Gasteiger partial charge < -0.3 is 10.4 Å². The van der Waals surface area contributed by atoms with Gasteiger partial charge in [-0.25, -0.2) is 0 Å². The molecule has 0 bridgehead atoms. The Labute approximate surface area is 83.7 Å². The number of nitrogens with one attached hydrogen (secondary N) is 1. The highest BCUT2D eigenvalue weighted by Gasteiger charge is 2.35. The molecule has 0 heterocycles. The van der Waals surface area contributed by atoms with Crippen molar-refractivity contribution in [2.45, 2.75) is 32.6 Å². The molecule has 4 heteroatoms. The van der Waals surface area contributed by atoms with Crippen molar-refractivity contribution < 1.29 is 14.7 Å². The second kappa shape index (κ2) is 4.98. The molecule has 80 valence electrons. The molecule has 2 atom stereocenters. The molecule has 1 fully saturated rings. The molecule has 1 amide bonds. The first-order valence-corrected chi connectivity index (χ1v) is 5.17. The van der Waals surface area contributed by atoms with Gasteiger partial charge in [-0.3, -0.25) is 9.59 Å². The molecule has 1 rings (SSSR count). The van der Waals surface area contributed by atoms with Crippen LogP contribution in [0.2, 0.25) is 0 Å². The van der Waals surface area contributed by atoms with Crippen molar-refractivity contribution >= 4 is 11.9 Å². The molecule has 14 heavy (non-hydrogen) atoms. The van der Waals surface area contributed by atoms with Crippen LogP contribution >= 0.6 is 0 Å². The number of hydrogen-bond donors (Lipinski definition) is 2. The van der Waals surface area contributed by atoms with Gasteiger partial charge in [-0.15, -0.1) is 0 Å². The average Bonchev–Trinajstić information content (AvgIpc) is 2.18. The van der Waals surface area contributed by atoms with Gasteiger partial charge in [-0.05, 0) is 19.8 Å². The largest absolute Gasteiger partial charge is 0.481 e. The molecule has 1 aliphatic rings. The van der Waals surface area contributed by atoms with Crippen LogP contribution in [0.3, 0.4) is 0 Å². The predicted molar refractivity (Wildman–Crippen MR) is 51.8 cm³/mol. The number of carboxylic acids is 1. The Bertz CT molecular complexity index is 227. The van der Waals surface area contributed by atoms with Crippen molar-refractivity contribution in [3.63, 3.8) is 0 Å². The molecule has 0 aromatic rings. The summed E-state index contributed by atoms with van der Waals surface area (Å²) in [4.78, 5) is 22.4. The molecule has 0 aromatic heterocycles. The zero-order valence-electron chi connectivity index (χ0n) is 8.45. The molecule has 1 saturated carbocycles. The summed E-state index contributed by atoms with van der Waals surface area (Å²) in [5.41, 5.74) is 0. The number of rotatable bonds is 3. The lowest BCUT2D eigenvalue weighted by Crippen LogP contribution is -2.39. The fraction of sp³-hybridized carbons (Fsp3) is 0.800. The molecule has 0 radical (unpaired) electrons. The maximum Gasteiger partial charge on any atom is 0.307 e. The Morgan fingerprint density at radius 3 is 2.36 bits per heavy atom. The number of carboxylic acid groups (broad SMARTS) is 1. The van der Waals surface area contributed by atoms with Gasteiger partial charge in [0.2, 0.25) is 5.91 Å². The minimum atomic E-state index is -0.832. The summed E-state index contributed by atoms with van der Waals surface area (Å²) in [7, 11) is 0. The van der Waals surface area contributed by atoms with Gasteiger partial charge in [0.1, 0.15) is 0 Å². The monoisotopic (exact) mass is 199 g/mol. The van der Waals surface area contributed by atoms with Crippen LogP contribution in [0.25, 0.3) is 0 Å². The molecule has 2 N–H and O–H groups in total. The van der Waals surface area contributed by atoms with E-state index in [9.17, 15) is 9.59 Å². The van der Waals surface area contributed by atoms with E-state index >= 15 is 0 Å². The summed E-state index contributed by atoms with van der Waals surface area (Å²) < 4.78 is 0. The third kappa shape index (κ3) is 2.47. The van der Waals surface area contributed by atoms with E-state index in [2.05, 4.69) is 5.32 Å². The van der Waals surface area contributed by atoms with Crippen molar-refractivity contribution in [3.8, 4) is 0 Å². The van der Waals surface area contributed by atoms with Gasteiger partial charge in [0, 0.05) is 6.54 Å². The van der Waals surface area contributed by atoms with E-state index in [0.29, 0.717) is 19.4 Å². The lowest BCUT2D eigenvalue weighted by molar-refractivity contribution is -0.148. The normalized spacial score (nSPS) is 26.9. The summed E-state index contributed by atoms with van der Waals surface area (Å²) in [6, 6.07) is 0. The number of aliphatic carboxylic acids is 1. The SMILES string of the molecule is CCNC(=O)[C@H]1CCCC[C@H]1C(=O)O. The summed E-state index contributed by atoms with van der Waals surface area (Å²) >= 11 is 0. The second-order valence-electron chi connectivity index (χ2n) is 3.73. The molecular weight excluding hydrogens is 182 g/mol. The molecule has 0 unspecified atom stereocenters. The molecule has 0 saturated heterocycles. The van der Waals surface area contributed by atoms with Crippen molar-refractivity contribution in [3.05, 3.63) is 0 Å². The third-order valence-electron chi connectivity index (χ3n) is 2.77. The van der Waals surface area contributed by atoms with E-state index in [-0.39, 0.29) is 11.8 Å². The Hall–Kier alpha value is -1.06. The lowest BCUT2D eigenvalue weighted by atomic mass is 9.79. The predicted octanol–water partition coefficient (Wildman–Crippen LogP) is 1.01. The van der Waals surface area contributed by atoms with Crippen LogP contribution in [-0.2, 0) is 9.59 Å². The van der Waals surface area contributed by atoms with Crippen LogP contribution in [0.4, 0.5) is 0 Å². The zero-order chi connectivity index (χ0) is 10.6. The molecule has 1 aliphatic carbocycles. The Morgan fingerprint density at radius 2 is 1.86 bits per heavy atom. The number of carbonyl (C=O) groups excluding carboxylic acids is 1. The van der Waals surface area contributed by atoms with Crippen LogP contribution in [0.1, 0.15) is 32.6 Å². The summed E-state index contributed by atoms with van der Waals surface area (Å²) in [6.07, 6.45) is 3.23. The lowest BCUT2D eigenvalue weighted by Gasteiger charge is -2.27. The topological polar surface area (TPSA) is 66.4 Å². The van der Waals surface area contributed by atoms with E-state index < -0.39 is 11.9 Å². The van der Waals surface area contributed by atoms with Gasteiger partial charge >= 0.3 is 5.97 Å². The molecule has 4 nitrogen and oxygen atoms in total. The van der Waals surface area contributed by atoms with Gasteiger partial charge in [-0.1, -0.05) is 12.8 Å². The zero-order valence-corrected chi connectivity index (χ0v) is 8.45. The summed E-state index contributed by atoms with van der Waals surface area (Å²) in [5, 5.41) is 11.6. The van der Waals surface area contributed by atoms with E-state index in [1.807, 2.05) is 6.92 Å². The quantitative estimate of drug-likeness (QED) is 0.713. The highest BCUT2D eigenvalue weighted by Crippen LogP contribution is 2.30. The van der Waals surface area contributed by atoms with Crippen LogP contribution in [0.5, 0.6) is 0 Å². The van der Waals surface area contributed by atoms with E-state index in [0.717, 1.165) is 12.8 Å². The van der Waals surface area contributed by atoms with Crippen molar-refractivity contribution in [1.29, 1.82) is 0 Å². The molecule has 0 aliphatic heterocycles. The van der Waals surface area contributed by atoms with E-state index in [4.69, 9.17) is 5.11 Å². The Balaban J connectivity index is 2.62. The van der Waals surface area contributed by atoms with Crippen LogP contribution in [0, 0.1) is 11.8 Å². The molecule has 0 aromatic carbocycles. The second-order valence-corrected chi connectivity index (χ2v) is 3.73. The molecular formula is C10H17NO3.